The summed E-state index contributed by atoms with van der Waals surface area (Å²) >= 11 is 0. The standard InChI is InChI=1S/C34H24B2.2C2H6/c1-3-13-29-21(7-1)15-23-9-5-11-25-17-27-19-28-18-26-12-6-10-24-16-22-8-2-4-14-30(22)36(34(24)26)32(28)20-31(27)35(29)33(23)25;2*1-2/h1-14,19-20H,15-18H2;2*1-2H3. The zero-order valence-corrected chi connectivity index (χ0v) is 24.2. The molecule has 0 atom stereocenters. The van der Waals surface area contributed by atoms with Gasteiger partial charge in [-0.15, -0.1) is 0 Å². The zero-order valence-electron chi connectivity index (χ0n) is 24.2. The lowest BCUT2D eigenvalue weighted by Crippen LogP contribution is -2.65. The van der Waals surface area contributed by atoms with Crippen LogP contribution in [0.2, 0.25) is 0 Å². The van der Waals surface area contributed by atoms with Crippen molar-refractivity contribution in [1.82, 2.24) is 0 Å². The molecule has 194 valence electrons. The quantitative estimate of drug-likeness (QED) is 0.264. The molecule has 4 aliphatic rings. The summed E-state index contributed by atoms with van der Waals surface area (Å²) in [5, 5.41) is 0. The van der Waals surface area contributed by atoms with Crippen molar-refractivity contribution in [2.75, 3.05) is 0 Å². The average Bonchev–Trinajstić information content (AvgIpc) is 3.02. The molecule has 40 heavy (non-hydrogen) atoms. The Hall–Kier alpha value is -3.77. The van der Waals surface area contributed by atoms with Crippen molar-refractivity contribution in [3.63, 3.8) is 0 Å². The van der Waals surface area contributed by atoms with E-state index in [1.54, 1.807) is 21.9 Å². The Bertz CT molecular complexity index is 1640. The molecule has 0 N–H and O–H groups in total. The van der Waals surface area contributed by atoms with Crippen molar-refractivity contribution < 1.29 is 0 Å². The maximum Gasteiger partial charge on any atom is 0.242 e. The molecule has 0 aliphatic carbocycles. The lowest BCUT2D eigenvalue weighted by atomic mass is 9.27. The Kier molecular flexibility index (Phi) is 6.31. The van der Waals surface area contributed by atoms with Gasteiger partial charge in [-0.1, -0.05) is 158 Å². The number of hydrogen-bond acceptors (Lipinski definition) is 0. The van der Waals surface area contributed by atoms with E-state index < -0.39 is 0 Å². The summed E-state index contributed by atoms with van der Waals surface area (Å²) in [7, 11) is 0. The molecule has 0 saturated heterocycles. The minimum Gasteiger partial charge on any atom is -0.0711 e. The van der Waals surface area contributed by atoms with Crippen molar-refractivity contribution in [3.05, 3.63) is 142 Å². The molecule has 2 heteroatoms. The highest BCUT2D eigenvalue weighted by molar-refractivity contribution is 7.00. The number of hydrogen-bond donors (Lipinski definition) is 0. The van der Waals surface area contributed by atoms with Crippen LogP contribution in [-0.2, 0) is 25.7 Å². The van der Waals surface area contributed by atoms with Crippen LogP contribution >= 0.6 is 0 Å². The third-order valence-electron chi connectivity index (χ3n) is 9.43. The Labute approximate surface area is 240 Å². The largest absolute Gasteiger partial charge is 0.242 e. The average molecular weight is 514 g/mol. The first-order valence-corrected chi connectivity index (χ1v) is 15.4. The fraction of sp³-hybridized carbons (Fsp3) is 0.211. The SMILES string of the molecule is CC.CC.c1ccc2c(c1)Cc1cccc3c1B2c1cc2c(cc1C3)Cc1cccc3c1B2c1ccccc1C3. The van der Waals surface area contributed by atoms with Gasteiger partial charge in [-0.2, -0.15) is 0 Å². The number of fused-ring (bicyclic) bond motifs is 8. The van der Waals surface area contributed by atoms with Gasteiger partial charge >= 0.3 is 0 Å². The Morgan fingerprint density at radius 2 is 0.700 bits per heavy atom. The first-order valence-electron chi connectivity index (χ1n) is 15.4. The van der Waals surface area contributed by atoms with Crippen LogP contribution < -0.4 is 32.8 Å². The van der Waals surface area contributed by atoms with Gasteiger partial charge in [0.05, 0.1) is 0 Å². The van der Waals surface area contributed by atoms with Crippen LogP contribution in [0.25, 0.3) is 0 Å². The molecule has 0 saturated carbocycles. The van der Waals surface area contributed by atoms with Crippen LogP contribution in [0.3, 0.4) is 0 Å². The molecule has 0 fully saturated rings. The van der Waals surface area contributed by atoms with E-state index in [0.29, 0.717) is 13.4 Å². The van der Waals surface area contributed by atoms with Crippen molar-refractivity contribution >= 4 is 46.2 Å². The molecule has 0 spiro atoms. The molecular weight excluding hydrogens is 478 g/mol. The Morgan fingerprint density at radius 3 is 1.12 bits per heavy atom. The van der Waals surface area contributed by atoms with Gasteiger partial charge in [0.2, 0.25) is 13.4 Å². The van der Waals surface area contributed by atoms with Crippen LogP contribution in [0.4, 0.5) is 0 Å². The predicted molar refractivity (Wildman–Crippen MR) is 175 cm³/mol. The van der Waals surface area contributed by atoms with Gasteiger partial charge < -0.3 is 0 Å². The predicted octanol–water partition coefficient (Wildman–Crippen LogP) is 4.39. The Morgan fingerprint density at radius 1 is 0.350 bits per heavy atom. The van der Waals surface area contributed by atoms with Gasteiger partial charge in [0.15, 0.2) is 0 Å². The fourth-order valence-corrected chi connectivity index (χ4v) is 8.00. The molecule has 0 nitrogen and oxygen atoms in total. The van der Waals surface area contributed by atoms with Crippen molar-refractivity contribution in [2.24, 2.45) is 0 Å². The molecule has 0 unspecified atom stereocenters. The summed E-state index contributed by atoms with van der Waals surface area (Å²) in [6, 6.07) is 37.6. The molecule has 0 amide bonds. The molecular formula is C38H36B2. The fourth-order valence-electron chi connectivity index (χ4n) is 8.00. The van der Waals surface area contributed by atoms with Crippen LogP contribution in [0.5, 0.6) is 0 Å². The third-order valence-corrected chi connectivity index (χ3v) is 9.43. The molecule has 0 radical (unpaired) electrons. The molecule has 5 aromatic carbocycles. The molecule has 4 aliphatic heterocycles. The maximum absolute atomic E-state index is 2.64. The van der Waals surface area contributed by atoms with E-state index >= 15 is 0 Å². The molecule has 9 rings (SSSR count). The minimum atomic E-state index is 0.352. The molecule has 4 heterocycles. The second kappa shape index (κ2) is 10.0. The van der Waals surface area contributed by atoms with Crippen molar-refractivity contribution in [3.8, 4) is 0 Å². The number of rotatable bonds is 0. The normalized spacial score (nSPS) is 14.0. The molecule has 5 aromatic rings. The van der Waals surface area contributed by atoms with Crippen molar-refractivity contribution in [1.29, 1.82) is 0 Å². The van der Waals surface area contributed by atoms with E-state index in [-0.39, 0.29) is 0 Å². The smallest absolute Gasteiger partial charge is 0.0711 e. The second-order valence-electron chi connectivity index (χ2n) is 11.2. The molecule has 0 aromatic heterocycles. The monoisotopic (exact) mass is 514 g/mol. The van der Waals surface area contributed by atoms with Gasteiger partial charge in [0.1, 0.15) is 0 Å². The second-order valence-corrected chi connectivity index (χ2v) is 11.2. The van der Waals surface area contributed by atoms with Gasteiger partial charge in [-0.25, -0.2) is 0 Å². The van der Waals surface area contributed by atoms with E-state index in [1.807, 2.05) is 27.7 Å². The summed E-state index contributed by atoms with van der Waals surface area (Å²) in [5.74, 6) is 0. The van der Waals surface area contributed by atoms with Crippen LogP contribution in [0, 0.1) is 0 Å². The van der Waals surface area contributed by atoms with E-state index in [2.05, 4.69) is 97.1 Å². The minimum absolute atomic E-state index is 0.352. The Balaban J connectivity index is 0.000000636. The first-order chi connectivity index (χ1) is 19.8. The summed E-state index contributed by atoms with van der Waals surface area (Å²) in [6.07, 6.45) is 4.23. The highest BCUT2D eigenvalue weighted by Gasteiger charge is 2.41. The topological polar surface area (TPSA) is 0 Å². The van der Waals surface area contributed by atoms with E-state index in [0.717, 1.165) is 25.7 Å². The first kappa shape index (κ1) is 25.2. The lowest BCUT2D eigenvalue weighted by Gasteiger charge is -2.38. The van der Waals surface area contributed by atoms with Crippen LogP contribution in [0.1, 0.15) is 72.2 Å². The van der Waals surface area contributed by atoms with Crippen LogP contribution in [0.15, 0.2) is 97.1 Å². The summed E-state index contributed by atoms with van der Waals surface area (Å²) in [6.45, 7) is 8.70. The summed E-state index contributed by atoms with van der Waals surface area (Å²) in [4.78, 5) is 0. The summed E-state index contributed by atoms with van der Waals surface area (Å²) in [5.41, 5.74) is 21.4. The summed E-state index contributed by atoms with van der Waals surface area (Å²) < 4.78 is 0. The zero-order chi connectivity index (χ0) is 27.4. The van der Waals surface area contributed by atoms with Gasteiger partial charge in [0, 0.05) is 0 Å². The van der Waals surface area contributed by atoms with Crippen molar-refractivity contribution in [2.45, 2.75) is 53.4 Å². The van der Waals surface area contributed by atoms with E-state index in [9.17, 15) is 0 Å². The van der Waals surface area contributed by atoms with Gasteiger partial charge in [-0.3, -0.25) is 0 Å². The highest BCUT2D eigenvalue weighted by Crippen LogP contribution is 2.26. The number of benzene rings is 5. The van der Waals surface area contributed by atoms with Gasteiger partial charge in [0.25, 0.3) is 0 Å². The molecule has 0 bridgehead atoms. The third kappa shape index (κ3) is 3.62. The maximum atomic E-state index is 2.64. The van der Waals surface area contributed by atoms with E-state index in [1.165, 1.54) is 55.4 Å². The van der Waals surface area contributed by atoms with Gasteiger partial charge in [-0.05, 0) is 70.2 Å². The van der Waals surface area contributed by atoms with Crippen LogP contribution in [-0.4, -0.2) is 13.4 Å². The highest BCUT2D eigenvalue weighted by atomic mass is 14.3. The lowest BCUT2D eigenvalue weighted by molar-refractivity contribution is 1.12. The van der Waals surface area contributed by atoms with E-state index in [4.69, 9.17) is 0 Å².